The number of hydrogen-bond donors (Lipinski definition) is 1. The molecule has 0 unspecified atom stereocenters. The Bertz CT molecular complexity index is 464. The van der Waals surface area contributed by atoms with Gasteiger partial charge in [-0.2, -0.15) is 0 Å². The monoisotopic (exact) mass is 296 g/mol. The second-order valence-corrected chi connectivity index (χ2v) is 5.77. The van der Waals surface area contributed by atoms with Crippen LogP contribution >= 0.6 is 0 Å². The van der Waals surface area contributed by atoms with Gasteiger partial charge >= 0.3 is 5.97 Å². The second-order valence-electron chi connectivity index (χ2n) is 5.77. The minimum absolute atomic E-state index is 0.0571. The van der Waals surface area contributed by atoms with Crippen LogP contribution in [0.2, 0.25) is 0 Å². The van der Waals surface area contributed by atoms with Gasteiger partial charge in [-0.25, -0.2) is 4.79 Å². The molecule has 1 saturated heterocycles. The molecular weight excluding hydrogens is 272 g/mol. The number of methoxy groups -OCH3 is 1. The number of hydrogen-bond acceptors (Lipinski definition) is 6. The lowest BCUT2D eigenvalue weighted by Crippen LogP contribution is -2.54. The van der Waals surface area contributed by atoms with E-state index < -0.39 is 5.97 Å². The standard InChI is InChI=1S/C15H24N2O4/c1-15(2,17-6-8-20-9-7-17)11-16-10-12-4-5-13(21-12)14(18)19-3/h4-5,16H,6-11H2,1-3H3. The van der Waals surface area contributed by atoms with Crippen molar-refractivity contribution in [1.29, 1.82) is 0 Å². The molecule has 0 saturated carbocycles. The zero-order chi connectivity index (χ0) is 15.3. The fourth-order valence-corrected chi connectivity index (χ4v) is 2.46. The molecule has 1 aromatic heterocycles. The Morgan fingerprint density at radius 1 is 1.38 bits per heavy atom. The van der Waals surface area contributed by atoms with Gasteiger partial charge in [-0.1, -0.05) is 0 Å². The molecule has 6 heteroatoms. The summed E-state index contributed by atoms with van der Waals surface area (Å²) in [5.74, 6) is 0.518. The summed E-state index contributed by atoms with van der Waals surface area (Å²) in [6.07, 6.45) is 0. The van der Waals surface area contributed by atoms with Gasteiger partial charge in [0.15, 0.2) is 0 Å². The first-order chi connectivity index (χ1) is 10.0. The molecule has 0 spiro atoms. The van der Waals surface area contributed by atoms with Crippen molar-refractivity contribution < 1.29 is 18.7 Å². The molecule has 0 aromatic carbocycles. The van der Waals surface area contributed by atoms with Crippen LogP contribution < -0.4 is 5.32 Å². The second kappa shape index (κ2) is 7.06. The Labute approximate surface area is 125 Å². The van der Waals surface area contributed by atoms with Crippen molar-refractivity contribution in [2.45, 2.75) is 25.9 Å². The lowest BCUT2D eigenvalue weighted by Gasteiger charge is -2.41. The number of nitrogens with zero attached hydrogens (tertiary/aromatic N) is 1. The highest BCUT2D eigenvalue weighted by atomic mass is 16.5. The minimum atomic E-state index is -0.449. The molecule has 1 N–H and O–H groups in total. The number of rotatable bonds is 6. The minimum Gasteiger partial charge on any atom is -0.463 e. The van der Waals surface area contributed by atoms with E-state index in [-0.39, 0.29) is 11.3 Å². The summed E-state index contributed by atoms with van der Waals surface area (Å²) in [7, 11) is 1.34. The molecule has 118 valence electrons. The number of carbonyl (C=O) groups excluding carboxylic acids is 1. The van der Waals surface area contributed by atoms with Crippen LogP contribution in [0.5, 0.6) is 0 Å². The van der Waals surface area contributed by atoms with Crippen molar-refractivity contribution >= 4 is 5.97 Å². The van der Waals surface area contributed by atoms with Gasteiger partial charge in [0.25, 0.3) is 0 Å². The van der Waals surface area contributed by atoms with Crippen molar-refractivity contribution in [3.05, 3.63) is 23.7 Å². The average molecular weight is 296 g/mol. The van der Waals surface area contributed by atoms with Crippen molar-refractivity contribution in [1.82, 2.24) is 10.2 Å². The van der Waals surface area contributed by atoms with E-state index >= 15 is 0 Å². The topological polar surface area (TPSA) is 63.9 Å². The van der Waals surface area contributed by atoms with Gasteiger partial charge in [-0.15, -0.1) is 0 Å². The Hall–Kier alpha value is -1.37. The van der Waals surface area contributed by atoms with Crippen molar-refractivity contribution in [3.8, 4) is 0 Å². The lowest BCUT2D eigenvalue weighted by atomic mass is 10.0. The summed E-state index contributed by atoms with van der Waals surface area (Å²) >= 11 is 0. The Kier molecular flexibility index (Phi) is 5.39. The maximum absolute atomic E-state index is 11.3. The first kappa shape index (κ1) is 16.0. The third kappa shape index (κ3) is 4.30. The first-order valence-electron chi connectivity index (χ1n) is 7.23. The highest BCUT2D eigenvalue weighted by molar-refractivity contribution is 5.86. The maximum Gasteiger partial charge on any atom is 0.373 e. The van der Waals surface area contributed by atoms with Crippen LogP contribution in [0.3, 0.4) is 0 Å². The molecule has 2 rings (SSSR count). The third-order valence-corrected chi connectivity index (χ3v) is 3.77. The summed E-state index contributed by atoms with van der Waals surface area (Å²) in [6.45, 7) is 9.37. The number of morpholine rings is 1. The van der Waals surface area contributed by atoms with E-state index in [9.17, 15) is 4.79 Å². The normalized spacial score (nSPS) is 16.9. The molecule has 0 atom stereocenters. The number of furan rings is 1. The molecule has 1 aromatic rings. The zero-order valence-corrected chi connectivity index (χ0v) is 13.0. The lowest BCUT2D eigenvalue weighted by molar-refractivity contribution is -0.00977. The highest BCUT2D eigenvalue weighted by Gasteiger charge is 2.27. The molecule has 0 aliphatic carbocycles. The van der Waals surface area contributed by atoms with Crippen LogP contribution in [0.4, 0.5) is 0 Å². The van der Waals surface area contributed by atoms with Gasteiger partial charge in [0.1, 0.15) is 5.76 Å². The number of esters is 1. The Morgan fingerprint density at radius 3 is 2.76 bits per heavy atom. The fourth-order valence-electron chi connectivity index (χ4n) is 2.46. The van der Waals surface area contributed by atoms with Crippen LogP contribution in [-0.2, 0) is 16.0 Å². The molecule has 2 heterocycles. The average Bonchev–Trinajstić information content (AvgIpc) is 2.96. The van der Waals surface area contributed by atoms with Gasteiger partial charge in [-0.3, -0.25) is 4.90 Å². The van der Waals surface area contributed by atoms with Crippen LogP contribution in [0.15, 0.2) is 16.5 Å². The van der Waals surface area contributed by atoms with Gasteiger partial charge in [0.2, 0.25) is 5.76 Å². The molecule has 6 nitrogen and oxygen atoms in total. The number of nitrogens with one attached hydrogen (secondary N) is 1. The summed E-state index contributed by atoms with van der Waals surface area (Å²) in [5.41, 5.74) is 0.0571. The van der Waals surface area contributed by atoms with Crippen molar-refractivity contribution in [2.24, 2.45) is 0 Å². The van der Waals surface area contributed by atoms with E-state index in [1.165, 1.54) is 7.11 Å². The molecule has 1 aliphatic rings. The van der Waals surface area contributed by atoms with E-state index in [4.69, 9.17) is 9.15 Å². The summed E-state index contributed by atoms with van der Waals surface area (Å²) in [5, 5.41) is 3.38. The number of ether oxygens (including phenoxy) is 2. The summed E-state index contributed by atoms with van der Waals surface area (Å²) in [6, 6.07) is 3.43. The third-order valence-electron chi connectivity index (χ3n) is 3.77. The Morgan fingerprint density at radius 2 is 2.10 bits per heavy atom. The molecule has 0 amide bonds. The van der Waals surface area contributed by atoms with Gasteiger partial charge in [0.05, 0.1) is 26.9 Å². The molecule has 1 fully saturated rings. The quantitative estimate of drug-likeness (QED) is 0.798. The predicted octanol–water partition coefficient (Wildman–Crippen LogP) is 1.27. The maximum atomic E-state index is 11.3. The number of carbonyl (C=O) groups is 1. The van der Waals surface area contributed by atoms with Gasteiger partial charge in [-0.05, 0) is 26.0 Å². The molecule has 1 aliphatic heterocycles. The van der Waals surface area contributed by atoms with E-state index in [0.29, 0.717) is 6.54 Å². The van der Waals surface area contributed by atoms with Crippen LogP contribution in [-0.4, -0.2) is 56.4 Å². The van der Waals surface area contributed by atoms with E-state index in [1.807, 2.05) is 0 Å². The summed E-state index contributed by atoms with van der Waals surface area (Å²) < 4.78 is 15.4. The van der Waals surface area contributed by atoms with Crippen LogP contribution in [0.1, 0.15) is 30.2 Å². The smallest absolute Gasteiger partial charge is 0.373 e. The van der Waals surface area contributed by atoms with Gasteiger partial charge < -0.3 is 19.2 Å². The van der Waals surface area contributed by atoms with E-state index in [0.717, 1.165) is 38.6 Å². The van der Waals surface area contributed by atoms with Crippen LogP contribution in [0.25, 0.3) is 0 Å². The predicted molar refractivity (Wildman–Crippen MR) is 78.2 cm³/mol. The molecule has 0 radical (unpaired) electrons. The highest BCUT2D eigenvalue weighted by Crippen LogP contribution is 2.15. The van der Waals surface area contributed by atoms with E-state index in [1.54, 1.807) is 12.1 Å². The largest absolute Gasteiger partial charge is 0.463 e. The molecule has 0 bridgehead atoms. The molecule has 21 heavy (non-hydrogen) atoms. The summed E-state index contributed by atoms with van der Waals surface area (Å²) in [4.78, 5) is 13.7. The van der Waals surface area contributed by atoms with Crippen LogP contribution in [0, 0.1) is 0 Å². The van der Waals surface area contributed by atoms with E-state index in [2.05, 4.69) is 28.8 Å². The fraction of sp³-hybridized carbons (Fsp3) is 0.667. The molecular formula is C15H24N2O4. The van der Waals surface area contributed by atoms with Gasteiger partial charge in [0, 0.05) is 25.2 Å². The first-order valence-corrected chi connectivity index (χ1v) is 7.23. The van der Waals surface area contributed by atoms with Crippen molar-refractivity contribution in [2.75, 3.05) is 40.0 Å². The SMILES string of the molecule is COC(=O)c1ccc(CNCC(C)(C)N2CCOCC2)o1. The Balaban J connectivity index is 1.80. The zero-order valence-electron chi connectivity index (χ0n) is 13.0. The van der Waals surface area contributed by atoms with Crippen molar-refractivity contribution in [3.63, 3.8) is 0 Å².